The van der Waals surface area contributed by atoms with Crippen molar-refractivity contribution in [1.29, 1.82) is 5.26 Å². The summed E-state index contributed by atoms with van der Waals surface area (Å²) >= 11 is 0. The van der Waals surface area contributed by atoms with Crippen molar-refractivity contribution in [2.75, 3.05) is 7.11 Å². The molecule has 0 N–H and O–H groups in total. The lowest BCUT2D eigenvalue weighted by Crippen LogP contribution is -1.91. The monoisotopic (exact) mass is 277 g/mol. The molecule has 0 spiro atoms. The van der Waals surface area contributed by atoms with Crippen molar-refractivity contribution < 1.29 is 9.15 Å². The maximum absolute atomic E-state index is 9.09. The molecule has 0 aliphatic heterocycles. The van der Waals surface area contributed by atoms with Gasteiger partial charge >= 0.3 is 0 Å². The maximum atomic E-state index is 9.09. The van der Waals surface area contributed by atoms with Crippen molar-refractivity contribution in [3.63, 3.8) is 0 Å². The lowest BCUT2D eigenvalue weighted by Gasteiger charge is -2.00. The molecule has 0 bridgehead atoms. The van der Waals surface area contributed by atoms with Crippen molar-refractivity contribution in [3.8, 4) is 11.8 Å². The summed E-state index contributed by atoms with van der Waals surface area (Å²) in [7, 11) is 1.64. The highest BCUT2D eigenvalue weighted by molar-refractivity contribution is 5.84. The van der Waals surface area contributed by atoms with Gasteiger partial charge in [0.2, 0.25) is 0 Å². The van der Waals surface area contributed by atoms with Gasteiger partial charge in [0.1, 0.15) is 17.1 Å². The van der Waals surface area contributed by atoms with E-state index in [4.69, 9.17) is 14.4 Å². The molecule has 2 aromatic carbocycles. The Morgan fingerprint density at radius 3 is 2.67 bits per heavy atom. The second kappa shape index (κ2) is 5.72. The number of nitriles is 1. The van der Waals surface area contributed by atoms with Crippen molar-refractivity contribution in [3.05, 3.63) is 65.4 Å². The van der Waals surface area contributed by atoms with Gasteiger partial charge in [0, 0.05) is 17.4 Å². The second-order valence-corrected chi connectivity index (χ2v) is 4.86. The van der Waals surface area contributed by atoms with Crippen LogP contribution in [0.15, 0.2) is 52.9 Å². The molecule has 0 fully saturated rings. The van der Waals surface area contributed by atoms with E-state index in [1.165, 1.54) is 5.56 Å². The highest BCUT2D eigenvalue weighted by Crippen LogP contribution is 2.31. The topological polar surface area (TPSA) is 46.2 Å². The number of fused-ring (bicyclic) bond motifs is 1. The van der Waals surface area contributed by atoms with Gasteiger partial charge in [0.25, 0.3) is 0 Å². The molecule has 3 nitrogen and oxygen atoms in total. The largest absolute Gasteiger partial charge is 0.497 e. The van der Waals surface area contributed by atoms with E-state index in [-0.39, 0.29) is 0 Å². The van der Waals surface area contributed by atoms with E-state index in [0.29, 0.717) is 12.8 Å². The first-order valence-electron chi connectivity index (χ1n) is 6.81. The van der Waals surface area contributed by atoms with Crippen LogP contribution < -0.4 is 4.74 Å². The summed E-state index contributed by atoms with van der Waals surface area (Å²) in [5.41, 5.74) is 2.92. The number of ether oxygens (including phenoxy) is 1. The first-order chi connectivity index (χ1) is 10.3. The molecule has 3 rings (SSSR count). The van der Waals surface area contributed by atoms with E-state index >= 15 is 0 Å². The second-order valence-electron chi connectivity index (χ2n) is 4.86. The molecule has 0 saturated heterocycles. The number of rotatable bonds is 4. The highest BCUT2D eigenvalue weighted by atomic mass is 16.5. The van der Waals surface area contributed by atoms with Crippen LogP contribution in [0.4, 0.5) is 0 Å². The summed E-state index contributed by atoms with van der Waals surface area (Å²) < 4.78 is 11.2. The van der Waals surface area contributed by atoms with E-state index in [9.17, 15) is 0 Å². The Bertz CT molecular complexity index is 797. The van der Waals surface area contributed by atoms with E-state index < -0.39 is 0 Å². The lowest BCUT2D eigenvalue weighted by molar-refractivity contribution is 0.415. The summed E-state index contributed by atoms with van der Waals surface area (Å²) in [6.45, 7) is 0. The Hall–Kier alpha value is -2.73. The average molecular weight is 277 g/mol. The minimum atomic E-state index is 0.336. The standard InChI is InChI=1S/C18H15NO2/c1-20-14-7-8-17-16(12-14)15(9-10-19)18(21-17)11-13-5-3-2-4-6-13/h2-8,12H,9,11H2,1H3. The van der Waals surface area contributed by atoms with Crippen LogP contribution in [0.1, 0.15) is 16.9 Å². The molecule has 0 amide bonds. The SMILES string of the molecule is COc1ccc2oc(Cc3ccccc3)c(CC#N)c2c1. The molecule has 3 aromatic rings. The molecule has 0 saturated carbocycles. The summed E-state index contributed by atoms with van der Waals surface area (Å²) in [5, 5.41) is 10.1. The van der Waals surface area contributed by atoms with Gasteiger partial charge in [-0.25, -0.2) is 0 Å². The zero-order valence-corrected chi connectivity index (χ0v) is 11.8. The third kappa shape index (κ3) is 2.61. The van der Waals surface area contributed by atoms with Gasteiger partial charge in [-0.1, -0.05) is 30.3 Å². The van der Waals surface area contributed by atoms with Crippen LogP contribution in [0.3, 0.4) is 0 Å². The summed E-state index contributed by atoms with van der Waals surface area (Å²) in [5.74, 6) is 1.62. The number of nitrogens with zero attached hydrogens (tertiary/aromatic N) is 1. The Kier molecular flexibility index (Phi) is 3.61. The van der Waals surface area contributed by atoms with Crippen LogP contribution in [-0.4, -0.2) is 7.11 Å². The average Bonchev–Trinajstić information content (AvgIpc) is 2.85. The zero-order valence-electron chi connectivity index (χ0n) is 11.8. The Morgan fingerprint density at radius 1 is 1.14 bits per heavy atom. The first kappa shape index (κ1) is 13.3. The van der Waals surface area contributed by atoms with Crippen molar-refractivity contribution in [1.82, 2.24) is 0 Å². The normalized spacial score (nSPS) is 10.5. The van der Waals surface area contributed by atoms with Gasteiger partial charge in [0.05, 0.1) is 19.6 Å². The van der Waals surface area contributed by atoms with Crippen LogP contribution in [0.25, 0.3) is 11.0 Å². The van der Waals surface area contributed by atoms with Crippen LogP contribution in [0, 0.1) is 11.3 Å². The molecule has 0 atom stereocenters. The molecule has 1 heterocycles. The molecule has 1 aromatic heterocycles. The quantitative estimate of drug-likeness (QED) is 0.721. The molecule has 0 aliphatic rings. The molecular weight excluding hydrogens is 262 g/mol. The predicted molar refractivity (Wildman–Crippen MR) is 81.3 cm³/mol. The smallest absolute Gasteiger partial charge is 0.134 e. The van der Waals surface area contributed by atoms with Gasteiger partial charge in [-0.15, -0.1) is 0 Å². The molecular formula is C18H15NO2. The number of methoxy groups -OCH3 is 1. The molecule has 3 heteroatoms. The molecule has 104 valence electrons. The number of furan rings is 1. The fourth-order valence-corrected chi connectivity index (χ4v) is 2.50. The van der Waals surface area contributed by atoms with Gasteiger partial charge in [-0.05, 0) is 23.8 Å². The zero-order chi connectivity index (χ0) is 14.7. The van der Waals surface area contributed by atoms with Crippen LogP contribution >= 0.6 is 0 Å². The summed E-state index contributed by atoms with van der Waals surface area (Å²) in [6.07, 6.45) is 1.02. The Morgan fingerprint density at radius 2 is 1.95 bits per heavy atom. The molecule has 0 aliphatic carbocycles. The van der Waals surface area contributed by atoms with Crippen LogP contribution in [0.2, 0.25) is 0 Å². The van der Waals surface area contributed by atoms with E-state index in [1.54, 1.807) is 7.11 Å². The number of benzene rings is 2. The third-order valence-corrected chi connectivity index (χ3v) is 3.54. The van der Waals surface area contributed by atoms with E-state index in [2.05, 4.69) is 18.2 Å². The minimum absolute atomic E-state index is 0.336. The van der Waals surface area contributed by atoms with E-state index in [0.717, 1.165) is 28.0 Å². The van der Waals surface area contributed by atoms with Crippen molar-refractivity contribution >= 4 is 11.0 Å². The minimum Gasteiger partial charge on any atom is -0.497 e. The van der Waals surface area contributed by atoms with Gasteiger partial charge in [0.15, 0.2) is 0 Å². The van der Waals surface area contributed by atoms with E-state index in [1.807, 2.05) is 36.4 Å². The predicted octanol–water partition coefficient (Wildman–Crippen LogP) is 4.10. The van der Waals surface area contributed by atoms with Gasteiger partial charge < -0.3 is 9.15 Å². The fourth-order valence-electron chi connectivity index (χ4n) is 2.50. The third-order valence-electron chi connectivity index (χ3n) is 3.54. The summed E-state index contributed by atoms with van der Waals surface area (Å²) in [4.78, 5) is 0. The fraction of sp³-hybridized carbons (Fsp3) is 0.167. The molecule has 21 heavy (non-hydrogen) atoms. The lowest BCUT2D eigenvalue weighted by atomic mass is 10.0. The number of hydrogen-bond acceptors (Lipinski definition) is 3. The first-order valence-corrected chi connectivity index (χ1v) is 6.81. The van der Waals surface area contributed by atoms with Crippen LogP contribution in [0.5, 0.6) is 5.75 Å². The maximum Gasteiger partial charge on any atom is 0.134 e. The Balaban J connectivity index is 2.09. The van der Waals surface area contributed by atoms with Crippen molar-refractivity contribution in [2.45, 2.75) is 12.8 Å². The molecule has 0 radical (unpaired) electrons. The Labute approximate surface area is 123 Å². The highest BCUT2D eigenvalue weighted by Gasteiger charge is 2.15. The number of hydrogen-bond donors (Lipinski definition) is 0. The molecule has 0 unspecified atom stereocenters. The van der Waals surface area contributed by atoms with Gasteiger partial charge in [-0.2, -0.15) is 5.26 Å². The summed E-state index contributed by atoms with van der Waals surface area (Å²) in [6, 6.07) is 18.0. The van der Waals surface area contributed by atoms with Crippen molar-refractivity contribution in [2.24, 2.45) is 0 Å². The van der Waals surface area contributed by atoms with Crippen LogP contribution in [-0.2, 0) is 12.8 Å². The van der Waals surface area contributed by atoms with Gasteiger partial charge in [-0.3, -0.25) is 0 Å².